The molecule has 1 aromatic carbocycles. The lowest BCUT2D eigenvalue weighted by atomic mass is 10.0. The van der Waals surface area contributed by atoms with Crippen LogP contribution < -0.4 is 15.0 Å². The van der Waals surface area contributed by atoms with Crippen LogP contribution in [-0.2, 0) is 19.1 Å². The van der Waals surface area contributed by atoms with Gasteiger partial charge in [-0.1, -0.05) is 13.0 Å². The highest BCUT2D eigenvalue weighted by atomic mass is 16.6. The van der Waals surface area contributed by atoms with Crippen molar-refractivity contribution in [1.82, 2.24) is 5.32 Å². The third kappa shape index (κ3) is 4.40. The molecule has 1 aliphatic rings. The third-order valence-corrected chi connectivity index (χ3v) is 4.07. The van der Waals surface area contributed by atoms with E-state index < -0.39 is 41.2 Å². The normalized spacial score (nSPS) is 15.0. The fraction of sp³-hybridized carbons (Fsp3) is 0.353. The van der Waals surface area contributed by atoms with Crippen LogP contribution in [0.15, 0.2) is 30.9 Å². The lowest BCUT2D eigenvalue weighted by molar-refractivity contribution is -0.384. The Morgan fingerprint density at radius 2 is 2.22 bits per heavy atom. The predicted molar refractivity (Wildman–Crippen MR) is 94.3 cm³/mol. The van der Waals surface area contributed by atoms with Gasteiger partial charge in [0, 0.05) is 18.1 Å². The van der Waals surface area contributed by atoms with Crippen LogP contribution in [0.2, 0.25) is 0 Å². The lowest BCUT2D eigenvalue weighted by Crippen LogP contribution is -2.51. The summed E-state index contributed by atoms with van der Waals surface area (Å²) in [5, 5.41) is 13.5. The molecule has 0 fully saturated rings. The zero-order valence-corrected chi connectivity index (χ0v) is 14.8. The molecule has 1 N–H and O–H groups in total. The number of non-ortho nitro benzene ring substituents is 1. The first kappa shape index (κ1) is 19.9. The van der Waals surface area contributed by atoms with E-state index >= 15 is 0 Å². The molecule has 0 spiro atoms. The number of hydrogen-bond donors (Lipinski definition) is 1. The first-order valence-corrected chi connectivity index (χ1v) is 7.99. The van der Waals surface area contributed by atoms with Crippen molar-refractivity contribution in [1.29, 1.82) is 0 Å². The highest BCUT2D eigenvalue weighted by molar-refractivity contribution is 6.02. The fourth-order valence-corrected chi connectivity index (χ4v) is 2.51. The van der Waals surface area contributed by atoms with Gasteiger partial charge in [-0.15, -0.1) is 6.58 Å². The van der Waals surface area contributed by atoms with Crippen molar-refractivity contribution in [3.8, 4) is 5.75 Å². The van der Waals surface area contributed by atoms with Gasteiger partial charge in [0.2, 0.25) is 5.91 Å². The average Bonchev–Trinajstić information content (AvgIpc) is 2.66. The van der Waals surface area contributed by atoms with E-state index in [4.69, 9.17) is 4.74 Å². The molecule has 0 aromatic heterocycles. The Bertz CT molecular complexity index is 793. The Labute approximate surface area is 154 Å². The van der Waals surface area contributed by atoms with E-state index in [2.05, 4.69) is 16.6 Å². The number of amides is 2. The van der Waals surface area contributed by atoms with Crippen LogP contribution in [0.1, 0.15) is 6.92 Å². The number of esters is 1. The maximum Gasteiger partial charge on any atom is 0.328 e. The second-order valence-corrected chi connectivity index (χ2v) is 5.84. The maximum absolute atomic E-state index is 12.4. The number of nitrogens with zero attached hydrogens (tertiary/aromatic N) is 2. The molecule has 1 aromatic rings. The Hall–Kier alpha value is -3.43. The SMILES string of the molecule is C=C[C@H](C)[C@H](NC(=O)CN1C(=O)COc2ccc([N+](=O)[O-])cc21)C(=O)OC. The van der Waals surface area contributed by atoms with E-state index in [0.717, 1.165) is 11.0 Å². The minimum Gasteiger partial charge on any atom is -0.482 e. The number of anilines is 1. The molecule has 2 rings (SSSR count). The zero-order valence-electron chi connectivity index (χ0n) is 14.8. The number of carbonyl (C=O) groups is 3. The summed E-state index contributed by atoms with van der Waals surface area (Å²) in [6.45, 7) is 4.52. The number of hydrogen-bond acceptors (Lipinski definition) is 7. The summed E-state index contributed by atoms with van der Waals surface area (Å²) in [6, 6.07) is 2.79. The van der Waals surface area contributed by atoms with Crippen LogP contribution in [0.5, 0.6) is 5.75 Å². The molecule has 0 aliphatic carbocycles. The third-order valence-electron chi connectivity index (χ3n) is 4.07. The molecule has 10 nitrogen and oxygen atoms in total. The van der Waals surface area contributed by atoms with E-state index in [0.29, 0.717) is 0 Å². The predicted octanol–water partition coefficient (Wildman–Crippen LogP) is 0.800. The van der Waals surface area contributed by atoms with Crippen molar-refractivity contribution in [3.05, 3.63) is 41.0 Å². The minimum atomic E-state index is -0.972. The fourth-order valence-electron chi connectivity index (χ4n) is 2.51. The van der Waals surface area contributed by atoms with Gasteiger partial charge >= 0.3 is 5.97 Å². The number of nitro groups is 1. The van der Waals surface area contributed by atoms with Gasteiger partial charge in [0.25, 0.3) is 11.6 Å². The van der Waals surface area contributed by atoms with Gasteiger partial charge in [-0.25, -0.2) is 4.79 Å². The lowest BCUT2D eigenvalue weighted by Gasteiger charge is -2.29. The van der Waals surface area contributed by atoms with Gasteiger partial charge in [-0.3, -0.25) is 24.6 Å². The van der Waals surface area contributed by atoms with Crippen LogP contribution in [0.3, 0.4) is 0 Å². The summed E-state index contributed by atoms with van der Waals surface area (Å²) in [5.74, 6) is -1.98. The summed E-state index contributed by atoms with van der Waals surface area (Å²) in [4.78, 5) is 47.9. The van der Waals surface area contributed by atoms with Crippen molar-refractivity contribution in [2.24, 2.45) is 5.92 Å². The molecular weight excluding hydrogens is 358 g/mol. The number of nitro benzene ring substituents is 1. The molecule has 1 aliphatic heterocycles. The number of rotatable bonds is 7. The highest BCUT2D eigenvalue weighted by Crippen LogP contribution is 2.35. The van der Waals surface area contributed by atoms with E-state index in [1.54, 1.807) is 6.92 Å². The van der Waals surface area contributed by atoms with Crippen molar-refractivity contribution >= 4 is 29.2 Å². The molecule has 2 amide bonds. The standard InChI is InChI=1S/C17H19N3O7/c1-4-10(2)16(17(23)26-3)18-14(21)8-19-12-7-11(20(24)25)5-6-13(12)27-9-15(19)22/h4-7,10,16H,1,8-9H2,2-3H3,(H,18,21)/t10-,16-/m0/s1. The number of carbonyl (C=O) groups excluding carboxylic acids is 3. The maximum atomic E-state index is 12.4. The molecule has 0 bridgehead atoms. The first-order chi connectivity index (χ1) is 12.8. The van der Waals surface area contributed by atoms with Crippen molar-refractivity contribution in [2.75, 3.05) is 25.2 Å². The molecule has 0 unspecified atom stereocenters. The van der Waals surface area contributed by atoms with E-state index in [1.165, 1.54) is 25.3 Å². The Balaban J connectivity index is 2.23. The molecule has 0 saturated carbocycles. The quantitative estimate of drug-likeness (QED) is 0.322. The molecule has 2 atom stereocenters. The van der Waals surface area contributed by atoms with Crippen LogP contribution >= 0.6 is 0 Å². The van der Waals surface area contributed by atoms with E-state index in [9.17, 15) is 24.5 Å². The van der Waals surface area contributed by atoms with E-state index in [1.807, 2.05) is 0 Å². The van der Waals surface area contributed by atoms with Crippen molar-refractivity contribution in [3.63, 3.8) is 0 Å². The molecular formula is C17H19N3O7. The van der Waals surface area contributed by atoms with Gasteiger partial charge in [0.1, 0.15) is 18.3 Å². The number of methoxy groups -OCH3 is 1. The number of fused-ring (bicyclic) bond motifs is 1. The minimum absolute atomic E-state index is 0.113. The molecule has 1 heterocycles. The molecule has 144 valence electrons. The van der Waals surface area contributed by atoms with E-state index in [-0.39, 0.29) is 23.7 Å². The zero-order chi connectivity index (χ0) is 20.1. The number of nitrogens with one attached hydrogen (secondary N) is 1. The largest absolute Gasteiger partial charge is 0.482 e. The molecule has 27 heavy (non-hydrogen) atoms. The van der Waals surface area contributed by atoms with Gasteiger partial charge < -0.3 is 14.8 Å². The van der Waals surface area contributed by atoms with Gasteiger partial charge in [-0.05, 0) is 6.07 Å². The number of ether oxygens (including phenoxy) is 2. The molecule has 0 saturated heterocycles. The summed E-state index contributed by atoms with van der Waals surface area (Å²) in [6.07, 6.45) is 1.49. The smallest absolute Gasteiger partial charge is 0.328 e. The first-order valence-electron chi connectivity index (χ1n) is 7.99. The van der Waals surface area contributed by atoms with Crippen LogP contribution in [-0.4, -0.2) is 49.0 Å². The van der Waals surface area contributed by atoms with Crippen LogP contribution in [0.4, 0.5) is 11.4 Å². The Morgan fingerprint density at radius 3 is 2.81 bits per heavy atom. The average molecular weight is 377 g/mol. The van der Waals surface area contributed by atoms with Crippen molar-refractivity contribution < 1.29 is 28.8 Å². The van der Waals surface area contributed by atoms with Gasteiger partial charge in [0.15, 0.2) is 6.61 Å². The number of benzene rings is 1. The van der Waals surface area contributed by atoms with Crippen molar-refractivity contribution in [2.45, 2.75) is 13.0 Å². The summed E-state index contributed by atoms with van der Waals surface area (Å²) < 4.78 is 9.91. The summed E-state index contributed by atoms with van der Waals surface area (Å²) in [5.41, 5.74) is -0.132. The molecule has 0 radical (unpaired) electrons. The molecule has 10 heteroatoms. The van der Waals surface area contributed by atoms with Crippen LogP contribution in [0, 0.1) is 16.0 Å². The Kier molecular flexibility index (Phi) is 6.11. The highest BCUT2D eigenvalue weighted by Gasteiger charge is 2.31. The summed E-state index contributed by atoms with van der Waals surface area (Å²) >= 11 is 0. The summed E-state index contributed by atoms with van der Waals surface area (Å²) in [7, 11) is 1.19. The topological polar surface area (TPSA) is 128 Å². The van der Waals surface area contributed by atoms with Crippen LogP contribution in [0.25, 0.3) is 0 Å². The Morgan fingerprint density at radius 1 is 1.52 bits per heavy atom. The monoisotopic (exact) mass is 377 g/mol. The second kappa shape index (κ2) is 8.30. The second-order valence-electron chi connectivity index (χ2n) is 5.84. The van der Waals surface area contributed by atoms with Gasteiger partial charge in [0.05, 0.1) is 17.7 Å². The van der Waals surface area contributed by atoms with Gasteiger partial charge in [-0.2, -0.15) is 0 Å².